The lowest BCUT2D eigenvalue weighted by Gasteiger charge is -2.37. The van der Waals surface area contributed by atoms with Crippen molar-refractivity contribution < 1.29 is 9.76 Å². The molecule has 1 N–H and O–H groups in total. The van der Waals surface area contributed by atoms with E-state index in [1.54, 1.807) is 21.3 Å². The molecule has 5 aromatic rings. The molecule has 1 heterocycles. The third-order valence-corrected chi connectivity index (χ3v) is 6.34. The number of aromatic nitrogens is 1. The standard InChI is InChI=1S/C25H23BNO2/c1-24(2,28)25(3,4)29-26-20-12-9-15-7-11-19-22-16(8-10-18(20)21(15)22)14-17-6-5-13-27-23(17)19/h5-14,28H,1-4H3. The number of hydrogen-bond donors (Lipinski definition) is 1. The Labute approximate surface area is 170 Å². The largest absolute Gasteiger partial charge is 0.427 e. The van der Waals surface area contributed by atoms with Crippen LogP contribution in [0.1, 0.15) is 27.7 Å². The normalized spacial score (nSPS) is 13.1. The first kappa shape index (κ1) is 18.4. The zero-order valence-corrected chi connectivity index (χ0v) is 17.2. The molecule has 5 rings (SSSR count). The molecule has 0 fully saturated rings. The molecule has 0 aliphatic carbocycles. The summed E-state index contributed by atoms with van der Waals surface area (Å²) in [5.74, 6) is 0. The quantitative estimate of drug-likeness (QED) is 0.273. The van der Waals surface area contributed by atoms with Crippen molar-refractivity contribution in [2.75, 3.05) is 0 Å². The monoisotopic (exact) mass is 380 g/mol. The van der Waals surface area contributed by atoms with Crippen molar-refractivity contribution in [3.05, 3.63) is 60.8 Å². The highest BCUT2D eigenvalue weighted by atomic mass is 16.5. The third kappa shape index (κ3) is 2.78. The molecule has 29 heavy (non-hydrogen) atoms. The number of fused-ring (bicyclic) bond motifs is 2. The number of hydrogen-bond acceptors (Lipinski definition) is 3. The molecule has 0 aliphatic heterocycles. The van der Waals surface area contributed by atoms with Gasteiger partial charge in [-0.25, -0.2) is 0 Å². The maximum Gasteiger partial charge on any atom is 0.331 e. The van der Waals surface area contributed by atoms with Crippen molar-refractivity contribution in [1.29, 1.82) is 0 Å². The summed E-state index contributed by atoms with van der Waals surface area (Å²) in [4.78, 5) is 4.64. The lowest BCUT2D eigenvalue weighted by Crippen LogP contribution is -2.49. The fraction of sp³-hybridized carbons (Fsp3) is 0.240. The Morgan fingerprint density at radius 3 is 2.31 bits per heavy atom. The number of aliphatic hydroxyl groups is 1. The minimum atomic E-state index is -0.960. The zero-order valence-electron chi connectivity index (χ0n) is 17.2. The van der Waals surface area contributed by atoms with Gasteiger partial charge in [0.1, 0.15) is 0 Å². The van der Waals surface area contributed by atoms with Crippen LogP contribution in [0.3, 0.4) is 0 Å². The molecule has 0 unspecified atom stereocenters. The van der Waals surface area contributed by atoms with Crippen LogP contribution in [-0.4, -0.2) is 28.8 Å². The van der Waals surface area contributed by atoms with Crippen molar-refractivity contribution in [2.45, 2.75) is 38.9 Å². The van der Waals surface area contributed by atoms with E-state index in [-0.39, 0.29) is 0 Å². The topological polar surface area (TPSA) is 42.4 Å². The van der Waals surface area contributed by atoms with E-state index in [1.807, 2.05) is 26.1 Å². The van der Waals surface area contributed by atoms with Crippen LogP contribution in [0.5, 0.6) is 0 Å². The second-order valence-corrected chi connectivity index (χ2v) is 8.83. The molecule has 0 saturated heterocycles. The van der Waals surface area contributed by atoms with Crippen molar-refractivity contribution in [3.8, 4) is 0 Å². The Morgan fingerprint density at radius 2 is 1.52 bits per heavy atom. The molecular weight excluding hydrogens is 357 g/mol. The van der Waals surface area contributed by atoms with E-state index in [0.717, 1.165) is 21.8 Å². The average Bonchev–Trinajstić information content (AvgIpc) is 2.69. The van der Waals surface area contributed by atoms with Crippen LogP contribution in [0.2, 0.25) is 0 Å². The second kappa shape index (κ2) is 6.15. The molecule has 0 spiro atoms. The van der Waals surface area contributed by atoms with Gasteiger partial charge in [-0.3, -0.25) is 4.98 Å². The molecular formula is C25H23BNO2. The van der Waals surface area contributed by atoms with Gasteiger partial charge < -0.3 is 9.76 Å². The van der Waals surface area contributed by atoms with Crippen LogP contribution in [-0.2, 0) is 4.65 Å². The fourth-order valence-corrected chi connectivity index (χ4v) is 3.90. The molecule has 1 aromatic heterocycles. The smallest absolute Gasteiger partial charge is 0.331 e. The molecule has 4 heteroatoms. The van der Waals surface area contributed by atoms with Gasteiger partial charge in [0.15, 0.2) is 0 Å². The Morgan fingerprint density at radius 1 is 0.828 bits per heavy atom. The van der Waals surface area contributed by atoms with Gasteiger partial charge >= 0.3 is 7.48 Å². The Balaban J connectivity index is 1.73. The molecule has 0 aliphatic rings. The molecule has 0 atom stereocenters. The maximum absolute atomic E-state index is 10.4. The van der Waals surface area contributed by atoms with Crippen LogP contribution in [0.25, 0.3) is 43.2 Å². The van der Waals surface area contributed by atoms with E-state index < -0.39 is 11.2 Å². The first-order valence-electron chi connectivity index (χ1n) is 9.95. The van der Waals surface area contributed by atoms with Gasteiger partial charge in [-0.15, -0.1) is 0 Å². The van der Waals surface area contributed by atoms with Gasteiger partial charge in [0.25, 0.3) is 0 Å². The Hall–Kier alpha value is -2.69. The van der Waals surface area contributed by atoms with Gasteiger partial charge in [-0.05, 0) is 72.2 Å². The lowest BCUT2D eigenvalue weighted by molar-refractivity contribution is -0.0893. The van der Waals surface area contributed by atoms with Crippen LogP contribution in [0, 0.1) is 0 Å². The summed E-state index contributed by atoms with van der Waals surface area (Å²) < 4.78 is 6.05. The number of nitrogens with zero attached hydrogens (tertiary/aromatic N) is 1. The van der Waals surface area contributed by atoms with Crippen LogP contribution in [0.4, 0.5) is 0 Å². The summed E-state index contributed by atoms with van der Waals surface area (Å²) >= 11 is 0. The summed E-state index contributed by atoms with van der Waals surface area (Å²) in [5.41, 5.74) is 0.364. The predicted molar refractivity (Wildman–Crippen MR) is 122 cm³/mol. The summed E-state index contributed by atoms with van der Waals surface area (Å²) in [5, 5.41) is 18.8. The van der Waals surface area contributed by atoms with E-state index in [4.69, 9.17) is 4.65 Å². The third-order valence-electron chi connectivity index (χ3n) is 6.34. The van der Waals surface area contributed by atoms with E-state index in [2.05, 4.69) is 53.5 Å². The molecule has 3 nitrogen and oxygen atoms in total. The average molecular weight is 380 g/mol. The molecule has 1 radical (unpaired) electrons. The first-order chi connectivity index (χ1) is 13.8. The lowest BCUT2D eigenvalue weighted by atomic mass is 9.78. The second-order valence-electron chi connectivity index (χ2n) is 8.83. The zero-order chi connectivity index (χ0) is 20.4. The number of pyridine rings is 1. The predicted octanol–water partition coefficient (Wildman–Crippen LogP) is 4.94. The molecule has 0 bridgehead atoms. The van der Waals surface area contributed by atoms with Crippen LogP contribution >= 0.6 is 0 Å². The molecule has 0 amide bonds. The summed E-state index contributed by atoms with van der Waals surface area (Å²) in [6, 6.07) is 19.2. The van der Waals surface area contributed by atoms with E-state index >= 15 is 0 Å². The minimum Gasteiger partial charge on any atom is -0.427 e. The van der Waals surface area contributed by atoms with Crippen molar-refractivity contribution in [1.82, 2.24) is 4.98 Å². The minimum absolute atomic E-state index is 0.711. The van der Waals surface area contributed by atoms with Crippen molar-refractivity contribution in [3.63, 3.8) is 0 Å². The molecule has 143 valence electrons. The summed E-state index contributed by atoms with van der Waals surface area (Å²) in [7, 11) is 1.78. The van der Waals surface area contributed by atoms with E-state index in [0.29, 0.717) is 0 Å². The summed E-state index contributed by atoms with van der Waals surface area (Å²) in [6.07, 6.45) is 1.85. The van der Waals surface area contributed by atoms with E-state index in [1.165, 1.54) is 26.9 Å². The van der Waals surface area contributed by atoms with Gasteiger partial charge in [0, 0.05) is 17.0 Å². The summed E-state index contributed by atoms with van der Waals surface area (Å²) in [6.45, 7) is 7.33. The van der Waals surface area contributed by atoms with Crippen LogP contribution < -0.4 is 5.46 Å². The molecule has 0 saturated carbocycles. The van der Waals surface area contributed by atoms with Crippen molar-refractivity contribution >= 4 is 56.2 Å². The highest BCUT2D eigenvalue weighted by molar-refractivity contribution is 6.53. The van der Waals surface area contributed by atoms with Gasteiger partial charge in [0.05, 0.1) is 16.7 Å². The SMILES string of the molecule is CC(C)(O)C(C)(C)O[B]c1ccc2ccc3c4ncccc4cc4ccc1c2c43. The highest BCUT2D eigenvalue weighted by Crippen LogP contribution is 2.37. The first-order valence-corrected chi connectivity index (χ1v) is 9.95. The Kier molecular flexibility index (Phi) is 3.89. The van der Waals surface area contributed by atoms with Crippen molar-refractivity contribution in [2.24, 2.45) is 0 Å². The number of benzene rings is 4. The van der Waals surface area contributed by atoms with Gasteiger partial charge in [-0.2, -0.15) is 0 Å². The number of rotatable bonds is 4. The van der Waals surface area contributed by atoms with Gasteiger partial charge in [0.2, 0.25) is 0 Å². The van der Waals surface area contributed by atoms with Crippen LogP contribution in [0.15, 0.2) is 60.8 Å². The molecule has 4 aromatic carbocycles. The maximum atomic E-state index is 10.4. The fourth-order valence-electron chi connectivity index (χ4n) is 3.90. The van der Waals surface area contributed by atoms with Gasteiger partial charge in [-0.1, -0.05) is 42.5 Å². The Bertz CT molecular complexity index is 1370. The van der Waals surface area contributed by atoms with E-state index in [9.17, 15) is 5.11 Å². The highest BCUT2D eigenvalue weighted by Gasteiger charge is 2.35.